The van der Waals surface area contributed by atoms with Crippen molar-refractivity contribution < 1.29 is 4.79 Å². The van der Waals surface area contributed by atoms with E-state index in [-0.39, 0.29) is 11.3 Å². The monoisotopic (exact) mass is 535 g/mol. The van der Waals surface area contributed by atoms with Crippen LogP contribution in [0, 0.1) is 11.8 Å². The summed E-state index contributed by atoms with van der Waals surface area (Å²) in [6.07, 6.45) is 8.75. The van der Waals surface area contributed by atoms with Gasteiger partial charge in [-0.15, -0.1) is 0 Å². The molecule has 3 heterocycles. The molecule has 1 aliphatic carbocycles. The van der Waals surface area contributed by atoms with Gasteiger partial charge in [0.25, 0.3) is 0 Å². The topological polar surface area (TPSA) is 44.4 Å². The van der Waals surface area contributed by atoms with Crippen molar-refractivity contribution in [3.05, 3.63) is 69.7 Å². The molecule has 3 aliphatic heterocycles. The molecule has 4 unspecified atom stereocenters. The molecule has 35 heavy (non-hydrogen) atoms. The molecule has 3 fully saturated rings. The molecule has 2 aromatic rings. The molecule has 1 saturated carbocycles. The molecule has 0 bridgehead atoms. The highest BCUT2D eigenvalue weighted by Crippen LogP contribution is 2.44. The van der Waals surface area contributed by atoms with Crippen molar-refractivity contribution in [2.45, 2.75) is 68.9 Å². The minimum Gasteiger partial charge on any atom is -0.339 e. The largest absolute Gasteiger partial charge is 0.339 e. The summed E-state index contributed by atoms with van der Waals surface area (Å²) in [5.74, 6) is 1.61. The summed E-state index contributed by atoms with van der Waals surface area (Å²) in [7, 11) is 0. The minimum atomic E-state index is -0.154. The van der Waals surface area contributed by atoms with Gasteiger partial charge in [-0.3, -0.25) is 4.79 Å². The number of carbonyl (C=O) groups excluding carboxylic acids is 1. The third kappa shape index (κ3) is 4.38. The summed E-state index contributed by atoms with van der Waals surface area (Å²) < 4.78 is 1.12. The number of benzene rings is 2. The van der Waals surface area contributed by atoms with E-state index in [0.717, 1.165) is 50.0 Å². The van der Waals surface area contributed by atoms with Gasteiger partial charge in [0.05, 0.1) is 5.92 Å². The number of rotatable bonds is 3. The Balaban J connectivity index is 1.30. The predicted octanol–water partition coefficient (Wildman–Crippen LogP) is 5.36. The third-order valence-electron chi connectivity index (χ3n) is 9.51. The van der Waals surface area contributed by atoms with Crippen LogP contribution in [-0.4, -0.2) is 43.0 Å². The van der Waals surface area contributed by atoms with E-state index in [4.69, 9.17) is 0 Å². The highest BCUT2D eigenvalue weighted by atomic mass is 79.9. The summed E-state index contributed by atoms with van der Waals surface area (Å²) in [5, 5.41) is 7.30. The van der Waals surface area contributed by atoms with E-state index in [9.17, 15) is 4.79 Å². The van der Waals surface area contributed by atoms with Gasteiger partial charge in [-0.05, 0) is 66.3 Å². The number of fused-ring (bicyclic) bond motifs is 2. The van der Waals surface area contributed by atoms with E-state index in [1.807, 2.05) is 0 Å². The minimum absolute atomic E-state index is 0.00501. The van der Waals surface area contributed by atoms with Crippen LogP contribution >= 0.6 is 15.9 Å². The second kappa shape index (κ2) is 9.99. The number of piperidine rings is 1. The maximum absolute atomic E-state index is 14.5. The number of likely N-dealkylation sites (tertiary alicyclic amines) is 1. The maximum atomic E-state index is 14.5. The quantitative estimate of drug-likeness (QED) is 0.555. The molecule has 4 atom stereocenters. The fourth-order valence-electron chi connectivity index (χ4n) is 7.73. The average molecular weight is 537 g/mol. The number of carbonyl (C=O) groups is 1. The lowest BCUT2D eigenvalue weighted by atomic mass is 9.68. The van der Waals surface area contributed by atoms with Crippen LogP contribution in [-0.2, 0) is 16.8 Å². The van der Waals surface area contributed by atoms with Gasteiger partial charge in [0.2, 0.25) is 5.91 Å². The summed E-state index contributed by atoms with van der Waals surface area (Å²) in [6, 6.07) is 18.1. The normalized spacial score (nSPS) is 31.5. The van der Waals surface area contributed by atoms with Crippen LogP contribution in [0.3, 0.4) is 0 Å². The first kappa shape index (κ1) is 23.7. The molecule has 186 valence electrons. The fraction of sp³-hybridized carbons (Fsp3) is 0.567. The molecule has 2 aromatic carbocycles. The van der Waals surface area contributed by atoms with Crippen LogP contribution in [0.5, 0.6) is 0 Å². The zero-order chi connectivity index (χ0) is 23.8. The van der Waals surface area contributed by atoms with E-state index >= 15 is 0 Å². The van der Waals surface area contributed by atoms with Crippen LogP contribution in [0.2, 0.25) is 0 Å². The Kier molecular flexibility index (Phi) is 6.76. The van der Waals surface area contributed by atoms with Gasteiger partial charge >= 0.3 is 0 Å². The lowest BCUT2D eigenvalue weighted by Gasteiger charge is -2.48. The Labute approximate surface area is 218 Å². The van der Waals surface area contributed by atoms with Gasteiger partial charge in [0.1, 0.15) is 0 Å². The van der Waals surface area contributed by atoms with Crippen LogP contribution in [0.25, 0.3) is 0 Å². The first-order valence-corrected chi connectivity index (χ1v) is 14.5. The van der Waals surface area contributed by atoms with E-state index < -0.39 is 0 Å². The van der Waals surface area contributed by atoms with Crippen LogP contribution in [0.4, 0.5) is 0 Å². The highest BCUT2D eigenvalue weighted by Gasteiger charge is 2.52. The van der Waals surface area contributed by atoms with Crippen molar-refractivity contribution in [1.82, 2.24) is 15.5 Å². The Bertz CT molecular complexity index is 1050. The Morgan fingerprint density at radius 3 is 2.60 bits per heavy atom. The molecular weight excluding hydrogens is 498 g/mol. The lowest BCUT2D eigenvalue weighted by molar-refractivity contribution is -0.142. The lowest BCUT2D eigenvalue weighted by Crippen LogP contribution is -2.57. The number of hydrogen-bond acceptors (Lipinski definition) is 3. The van der Waals surface area contributed by atoms with E-state index in [1.165, 1.54) is 48.8 Å². The van der Waals surface area contributed by atoms with E-state index in [0.29, 0.717) is 23.8 Å². The van der Waals surface area contributed by atoms with Crippen molar-refractivity contribution in [2.24, 2.45) is 11.8 Å². The van der Waals surface area contributed by atoms with Gasteiger partial charge in [0, 0.05) is 48.7 Å². The summed E-state index contributed by atoms with van der Waals surface area (Å²) in [6.45, 7) is 4.31. The van der Waals surface area contributed by atoms with Gasteiger partial charge in [-0.1, -0.05) is 71.6 Å². The number of nitrogens with one attached hydrogen (secondary N) is 2. The van der Waals surface area contributed by atoms with Crippen molar-refractivity contribution in [3.63, 3.8) is 0 Å². The van der Waals surface area contributed by atoms with Gasteiger partial charge < -0.3 is 15.5 Å². The van der Waals surface area contributed by atoms with Gasteiger partial charge in [0.15, 0.2) is 0 Å². The van der Waals surface area contributed by atoms with E-state index in [2.05, 4.69) is 80.0 Å². The molecule has 4 nitrogen and oxygen atoms in total. The predicted molar refractivity (Wildman–Crippen MR) is 144 cm³/mol. The summed E-state index contributed by atoms with van der Waals surface area (Å²) in [5.41, 5.74) is 4.00. The van der Waals surface area contributed by atoms with Crippen molar-refractivity contribution in [3.8, 4) is 0 Å². The number of amides is 1. The maximum Gasteiger partial charge on any atom is 0.228 e. The first-order valence-electron chi connectivity index (χ1n) is 13.7. The van der Waals surface area contributed by atoms with Crippen LogP contribution < -0.4 is 10.6 Å². The molecular formula is C30H38BrN3O. The molecule has 0 radical (unpaired) electrons. The zero-order valence-electron chi connectivity index (χ0n) is 20.6. The summed E-state index contributed by atoms with van der Waals surface area (Å²) in [4.78, 5) is 16.9. The number of halogens is 1. The molecule has 2 N–H and O–H groups in total. The van der Waals surface area contributed by atoms with Crippen molar-refractivity contribution in [1.29, 1.82) is 0 Å². The third-order valence-corrected chi connectivity index (χ3v) is 10.00. The Hall–Kier alpha value is -1.69. The van der Waals surface area contributed by atoms with E-state index in [1.54, 1.807) is 0 Å². The number of nitrogens with zero attached hydrogens (tertiary/aromatic N) is 1. The van der Waals surface area contributed by atoms with Crippen LogP contribution in [0.1, 0.15) is 67.6 Å². The molecule has 1 amide bonds. The molecule has 6 rings (SSSR count). The SMILES string of the molecule is O=C(C1CNCC12CNCc1cc(Br)ccc12)N1CCC(c2ccccc2)CC1C1CCCCC1. The van der Waals surface area contributed by atoms with Crippen molar-refractivity contribution in [2.75, 3.05) is 26.2 Å². The van der Waals surface area contributed by atoms with Crippen molar-refractivity contribution >= 4 is 21.8 Å². The van der Waals surface area contributed by atoms with Crippen LogP contribution in [0.15, 0.2) is 53.0 Å². The second-order valence-electron chi connectivity index (χ2n) is 11.4. The molecule has 4 aliphatic rings. The fourth-order valence-corrected chi connectivity index (χ4v) is 8.13. The average Bonchev–Trinajstić information content (AvgIpc) is 3.32. The first-order chi connectivity index (χ1) is 17.2. The standard InChI is InChI=1S/C30H38BrN3O/c31-25-11-12-26-24(15-25)17-32-19-30(26)20-33-18-27(30)29(35)34-14-13-23(21-7-3-1-4-8-21)16-28(34)22-9-5-2-6-10-22/h1,3-4,7-8,11-12,15,22-23,27-28,32-33H,2,5-6,9-10,13-14,16-20H2. The Morgan fingerprint density at radius 1 is 0.971 bits per heavy atom. The Morgan fingerprint density at radius 2 is 1.77 bits per heavy atom. The molecule has 0 aromatic heterocycles. The molecule has 2 saturated heterocycles. The molecule has 5 heteroatoms. The smallest absolute Gasteiger partial charge is 0.228 e. The molecule has 1 spiro atoms. The number of hydrogen-bond donors (Lipinski definition) is 2. The summed E-state index contributed by atoms with van der Waals surface area (Å²) >= 11 is 3.65. The zero-order valence-corrected chi connectivity index (χ0v) is 22.2. The van der Waals surface area contributed by atoms with Gasteiger partial charge in [-0.2, -0.15) is 0 Å². The highest BCUT2D eigenvalue weighted by molar-refractivity contribution is 9.10. The van der Waals surface area contributed by atoms with Gasteiger partial charge in [-0.25, -0.2) is 0 Å². The second-order valence-corrected chi connectivity index (χ2v) is 12.3.